The molecule has 24 heavy (non-hydrogen) atoms. The Balaban J connectivity index is 2.03. The molecule has 1 aliphatic carbocycles. The van der Waals surface area contributed by atoms with Gasteiger partial charge < -0.3 is 15.2 Å². The maximum Gasteiger partial charge on any atom is 0.339 e. The van der Waals surface area contributed by atoms with Crippen LogP contribution in [0.15, 0.2) is 12.3 Å². The molecule has 0 aromatic carbocycles. The average molecular weight is 334 g/mol. The van der Waals surface area contributed by atoms with E-state index in [1.165, 1.54) is 45.1 Å². The molecular weight excluding hydrogens is 308 g/mol. The normalized spacial score (nSPS) is 15.9. The molecule has 0 spiro atoms. The number of carbonyl (C=O) groups excluding carboxylic acids is 2. The van der Waals surface area contributed by atoms with Gasteiger partial charge in [0.05, 0.1) is 12.7 Å². The Morgan fingerprint density at radius 1 is 1.42 bits per heavy atom. The van der Waals surface area contributed by atoms with Crippen LogP contribution < -0.4 is 5.32 Å². The molecule has 0 radical (unpaired) electrons. The number of methoxy groups -OCH3 is 1. The van der Waals surface area contributed by atoms with Gasteiger partial charge in [0.15, 0.2) is 11.6 Å². The quantitative estimate of drug-likeness (QED) is 0.745. The number of ether oxygens (including phenoxy) is 1. The summed E-state index contributed by atoms with van der Waals surface area (Å²) >= 11 is 0. The van der Waals surface area contributed by atoms with Crippen molar-refractivity contribution in [2.75, 3.05) is 12.4 Å². The zero-order valence-corrected chi connectivity index (χ0v) is 14.4. The Hall–Kier alpha value is -2.11. The van der Waals surface area contributed by atoms with E-state index in [9.17, 15) is 14.7 Å². The minimum atomic E-state index is -0.583. The van der Waals surface area contributed by atoms with Gasteiger partial charge >= 0.3 is 5.97 Å². The van der Waals surface area contributed by atoms with Gasteiger partial charge in [-0.15, -0.1) is 0 Å². The molecule has 1 fully saturated rings. The molecule has 1 aliphatic rings. The molecule has 1 saturated carbocycles. The predicted molar refractivity (Wildman–Crippen MR) is 90.8 cm³/mol. The van der Waals surface area contributed by atoms with E-state index >= 15 is 0 Å². The molecule has 1 heterocycles. The van der Waals surface area contributed by atoms with Gasteiger partial charge in [-0.05, 0) is 24.8 Å². The van der Waals surface area contributed by atoms with Gasteiger partial charge in [-0.25, -0.2) is 9.78 Å². The molecule has 1 unspecified atom stereocenters. The van der Waals surface area contributed by atoms with Gasteiger partial charge in [0.2, 0.25) is 5.91 Å². The van der Waals surface area contributed by atoms with Crippen LogP contribution in [0, 0.1) is 11.8 Å². The number of esters is 1. The smallest absolute Gasteiger partial charge is 0.339 e. The van der Waals surface area contributed by atoms with Crippen LogP contribution in [0.4, 0.5) is 5.82 Å². The molecule has 1 amide bonds. The first kappa shape index (κ1) is 18.2. The predicted octanol–water partition coefficient (Wildman–Crippen LogP) is 3.51. The highest BCUT2D eigenvalue weighted by molar-refractivity contribution is 5.94. The summed E-state index contributed by atoms with van der Waals surface area (Å²) in [6.07, 6.45) is 8.84. The third kappa shape index (κ3) is 4.69. The number of nitrogens with one attached hydrogen (secondary N) is 1. The van der Waals surface area contributed by atoms with Crippen LogP contribution in [0.2, 0.25) is 0 Å². The third-order valence-electron chi connectivity index (χ3n) is 4.63. The highest BCUT2D eigenvalue weighted by Crippen LogP contribution is 2.32. The fourth-order valence-electron chi connectivity index (χ4n) is 3.35. The van der Waals surface area contributed by atoms with Crippen LogP contribution in [0.1, 0.15) is 62.2 Å². The van der Waals surface area contributed by atoms with Crippen molar-refractivity contribution in [2.45, 2.75) is 51.9 Å². The van der Waals surface area contributed by atoms with Crippen LogP contribution in [-0.4, -0.2) is 29.1 Å². The summed E-state index contributed by atoms with van der Waals surface area (Å²) in [7, 11) is 1.26. The van der Waals surface area contributed by atoms with Gasteiger partial charge in [0.1, 0.15) is 0 Å². The number of pyridine rings is 1. The van der Waals surface area contributed by atoms with E-state index < -0.39 is 5.97 Å². The fraction of sp³-hybridized carbons (Fsp3) is 0.611. The lowest BCUT2D eigenvalue weighted by Gasteiger charge is -2.19. The molecule has 6 nitrogen and oxygen atoms in total. The highest BCUT2D eigenvalue weighted by atomic mass is 16.5. The number of anilines is 1. The Morgan fingerprint density at radius 2 is 2.12 bits per heavy atom. The van der Waals surface area contributed by atoms with E-state index in [1.807, 2.05) is 0 Å². The molecule has 132 valence electrons. The second-order valence-electron chi connectivity index (χ2n) is 6.44. The summed E-state index contributed by atoms with van der Waals surface area (Å²) in [5.41, 5.74) is 0.143. The number of nitrogens with zero attached hydrogens (tertiary/aromatic N) is 1. The zero-order valence-electron chi connectivity index (χ0n) is 14.4. The number of hydrogen-bond acceptors (Lipinski definition) is 5. The first-order chi connectivity index (χ1) is 11.5. The van der Waals surface area contributed by atoms with E-state index in [-0.39, 0.29) is 29.0 Å². The Labute approximate surface area is 142 Å². The molecule has 0 bridgehead atoms. The van der Waals surface area contributed by atoms with Crippen molar-refractivity contribution in [3.8, 4) is 5.75 Å². The van der Waals surface area contributed by atoms with E-state index in [1.54, 1.807) is 0 Å². The van der Waals surface area contributed by atoms with Crippen molar-refractivity contribution in [1.82, 2.24) is 4.98 Å². The number of hydrogen-bond donors (Lipinski definition) is 2. The summed E-state index contributed by atoms with van der Waals surface area (Å²) < 4.78 is 4.58. The van der Waals surface area contributed by atoms with Crippen molar-refractivity contribution < 1.29 is 19.4 Å². The second-order valence-corrected chi connectivity index (χ2v) is 6.44. The minimum Gasteiger partial charge on any atom is -0.504 e. The summed E-state index contributed by atoms with van der Waals surface area (Å²) in [6.45, 7) is 2.07. The largest absolute Gasteiger partial charge is 0.504 e. The number of rotatable bonds is 7. The maximum atomic E-state index is 12.6. The SMILES string of the molecule is CCCC(CC1CCCC1)C(=O)Nc1ncc(C(=O)OC)cc1O. The van der Waals surface area contributed by atoms with Crippen LogP contribution in [-0.2, 0) is 9.53 Å². The van der Waals surface area contributed by atoms with Crippen LogP contribution >= 0.6 is 0 Å². The Bertz CT molecular complexity index is 582. The van der Waals surface area contributed by atoms with Gasteiger partial charge in [0.25, 0.3) is 0 Å². The Kier molecular flexibility index (Phi) is 6.58. The van der Waals surface area contributed by atoms with Crippen molar-refractivity contribution >= 4 is 17.7 Å². The maximum absolute atomic E-state index is 12.6. The number of carbonyl (C=O) groups is 2. The van der Waals surface area contributed by atoms with Crippen molar-refractivity contribution in [2.24, 2.45) is 11.8 Å². The molecule has 1 aromatic heterocycles. The van der Waals surface area contributed by atoms with Gasteiger partial charge in [-0.2, -0.15) is 0 Å². The topological polar surface area (TPSA) is 88.5 Å². The average Bonchev–Trinajstić information content (AvgIpc) is 3.08. The molecule has 0 aliphatic heterocycles. The first-order valence-corrected chi connectivity index (χ1v) is 8.63. The summed E-state index contributed by atoms with van der Waals surface area (Å²) in [5, 5.41) is 12.7. The van der Waals surface area contributed by atoms with Crippen molar-refractivity contribution in [3.63, 3.8) is 0 Å². The van der Waals surface area contributed by atoms with E-state index in [4.69, 9.17) is 0 Å². The molecule has 2 N–H and O–H groups in total. The lowest BCUT2D eigenvalue weighted by molar-refractivity contribution is -0.120. The molecule has 2 rings (SSSR count). The third-order valence-corrected chi connectivity index (χ3v) is 4.63. The van der Waals surface area contributed by atoms with Crippen molar-refractivity contribution in [3.05, 3.63) is 17.8 Å². The standard InChI is InChI=1S/C18H26N2O4/c1-3-6-13(9-12-7-4-5-8-12)17(22)20-16-15(21)10-14(11-19-16)18(23)24-2/h10-13,21H,3-9H2,1-2H3,(H,19,20,22). The van der Waals surface area contributed by atoms with Crippen LogP contribution in [0.25, 0.3) is 0 Å². The van der Waals surface area contributed by atoms with Crippen LogP contribution in [0.5, 0.6) is 5.75 Å². The molecule has 1 atom stereocenters. The second kappa shape index (κ2) is 8.66. The fourth-order valence-corrected chi connectivity index (χ4v) is 3.35. The lowest BCUT2D eigenvalue weighted by Crippen LogP contribution is -2.25. The van der Waals surface area contributed by atoms with E-state index in [2.05, 4.69) is 22.0 Å². The van der Waals surface area contributed by atoms with Crippen molar-refractivity contribution in [1.29, 1.82) is 0 Å². The number of amides is 1. The molecular formula is C18H26N2O4. The van der Waals surface area contributed by atoms with Gasteiger partial charge in [-0.1, -0.05) is 39.0 Å². The number of aromatic hydroxyl groups is 1. The van der Waals surface area contributed by atoms with Gasteiger partial charge in [0, 0.05) is 12.1 Å². The zero-order chi connectivity index (χ0) is 17.5. The molecule has 1 aromatic rings. The van der Waals surface area contributed by atoms with E-state index in [0.717, 1.165) is 19.3 Å². The summed E-state index contributed by atoms with van der Waals surface area (Å²) in [5.74, 6) is -0.296. The monoisotopic (exact) mass is 334 g/mol. The molecule has 6 heteroatoms. The minimum absolute atomic E-state index is 0.0698. The summed E-state index contributed by atoms with van der Waals surface area (Å²) in [4.78, 5) is 28.0. The lowest BCUT2D eigenvalue weighted by atomic mass is 9.89. The number of aromatic nitrogens is 1. The summed E-state index contributed by atoms with van der Waals surface area (Å²) in [6, 6.07) is 1.25. The van der Waals surface area contributed by atoms with E-state index in [0.29, 0.717) is 5.92 Å². The Morgan fingerprint density at radius 3 is 2.71 bits per heavy atom. The van der Waals surface area contributed by atoms with Gasteiger partial charge in [-0.3, -0.25) is 4.79 Å². The first-order valence-electron chi connectivity index (χ1n) is 8.63. The van der Waals surface area contributed by atoms with Crippen LogP contribution in [0.3, 0.4) is 0 Å². The highest BCUT2D eigenvalue weighted by Gasteiger charge is 2.25. The molecule has 0 saturated heterocycles.